The molecule has 0 spiro atoms. The number of rotatable bonds is 3. The van der Waals surface area contributed by atoms with Gasteiger partial charge < -0.3 is 11.1 Å². The molecule has 0 radical (unpaired) electrons. The second-order valence-electron chi connectivity index (χ2n) is 4.45. The van der Waals surface area contributed by atoms with Gasteiger partial charge in [0.05, 0.1) is 5.56 Å². The van der Waals surface area contributed by atoms with E-state index in [1.807, 2.05) is 44.2 Å². The molecule has 1 aromatic heterocycles. The first-order chi connectivity index (χ1) is 9.13. The molecule has 3 N–H and O–H groups in total. The number of hydrogen-bond donors (Lipinski definition) is 2. The molecule has 0 aliphatic carbocycles. The summed E-state index contributed by atoms with van der Waals surface area (Å²) in [6.45, 7) is 4.31. The van der Waals surface area contributed by atoms with Crippen molar-refractivity contribution in [3.05, 3.63) is 52.7 Å². The molecule has 0 aliphatic rings. The van der Waals surface area contributed by atoms with Crippen LogP contribution in [-0.2, 0) is 6.54 Å². The molecule has 0 aliphatic heterocycles. The summed E-state index contributed by atoms with van der Waals surface area (Å²) in [6, 6.07) is 11.9. The minimum Gasteiger partial charge on any atom is -0.339 e. The molecule has 1 heterocycles. The summed E-state index contributed by atoms with van der Waals surface area (Å²) >= 11 is 0. The fourth-order valence-corrected chi connectivity index (χ4v) is 1.98. The zero-order valence-electron chi connectivity index (χ0n) is 11.1. The van der Waals surface area contributed by atoms with E-state index in [4.69, 9.17) is 5.73 Å². The Balaban J connectivity index is 2.40. The lowest BCUT2D eigenvalue weighted by molar-refractivity contribution is 1.07. The summed E-state index contributed by atoms with van der Waals surface area (Å²) in [5, 5.41) is 12.4. The van der Waals surface area contributed by atoms with Gasteiger partial charge in [0, 0.05) is 17.9 Å². The first kappa shape index (κ1) is 13.1. The Morgan fingerprint density at radius 2 is 2.11 bits per heavy atom. The normalized spacial score (nSPS) is 10.0. The van der Waals surface area contributed by atoms with Gasteiger partial charge in [-0.15, -0.1) is 0 Å². The number of nitrogens with zero attached hydrogens (tertiary/aromatic N) is 2. The summed E-state index contributed by atoms with van der Waals surface area (Å²) in [4.78, 5) is 4.39. The molecule has 0 amide bonds. The van der Waals surface area contributed by atoms with Gasteiger partial charge in [-0.05, 0) is 43.2 Å². The number of anilines is 2. The van der Waals surface area contributed by atoms with Crippen LogP contribution in [0.15, 0.2) is 30.3 Å². The Morgan fingerprint density at radius 1 is 1.32 bits per heavy atom. The van der Waals surface area contributed by atoms with Gasteiger partial charge >= 0.3 is 0 Å². The fourth-order valence-electron chi connectivity index (χ4n) is 1.98. The Hall–Kier alpha value is -2.38. The largest absolute Gasteiger partial charge is 0.339 e. The number of pyridine rings is 1. The third-order valence-electron chi connectivity index (χ3n) is 2.88. The van der Waals surface area contributed by atoms with Crippen molar-refractivity contribution in [2.24, 2.45) is 5.73 Å². The van der Waals surface area contributed by atoms with Gasteiger partial charge in [-0.3, -0.25) is 0 Å². The van der Waals surface area contributed by atoms with Crippen LogP contribution in [-0.4, -0.2) is 4.98 Å². The lowest BCUT2D eigenvalue weighted by atomic mass is 10.1. The molecular formula is C15H16N4. The molecular weight excluding hydrogens is 236 g/mol. The Bertz CT molecular complexity index is 641. The summed E-state index contributed by atoms with van der Waals surface area (Å²) in [5.74, 6) is 0.592. The minimum absolute atomic E-state index is 0.487. The molecule has 1 aromatic carbocycles. The lowest BCUT2D eigenvalue weighted by Crippen LogP contribution is -2.02. The highest BCUT2D eigenvalue weighted by Gasteiger charge is 2.08. The van der Waals surface area contributed by atoms with E-state index in [2.05, 4.69) is 16.4 Å². The third-order valence-corrected chi connectivity index (χ3v) is 2.88. The van der Waals surface area contributed by atoms with E-state index in [9.17, 15) is 5.26 Å². The summed E-state index contributed by atoms with van der Waals surface area (Å²) in [5.41, 5.74) is 9.92. The highest BCUT2D eigenvalue weighted by atomic mass is 15.0. The summed E-state index contributed by atoms with van der Waals surface area (Å²) in [7, 11) is 0. The standard InChI is InChI=1S/C15H16N4/c1-10-6-11(2)18-15(14(10)9-17)19-13-5-3-4-12(7-13)8-16/h3-7H,8,16H2,1-2H3,(H,18,19). The van der Waals surface area contributed by atoms with Crippen molar-refractivity contribution in [1.82, 2.24) is 4.98 Å². The van der Waals surface area contributed by atoms with E-state index < -0.39 is 0 Å². The second-order valence-corrected chi connectivity index (χ2v) is 4.45. The average Bonchev–Trinajstić information content (AvgIpc) is 2.38. The van der Waals surface area contributed by atoms with E-state index in [0.29, 0.717) is 17.9 Å². The predicted molar refractivity (Wildman–Crippen MR) is 76.0 cm³/mol. The molecule has 0 bridgehead atoms. The van der Waals surface area contributed by atoms with E-state index in [1.54, 1.807) is 0 Å². The molecule has 19 heavy (non-hydrogen) atoms. The summed E-state index contributed by atoms with van der Waals surface area (Å²) in [6.07, 6.45) is 0. The van der Waals surface area contributed by atoms with E-state index in [0.717, 1.165) is 22.5 Å². The molecule has 0 atom stereocenters. The number of nitrogens with two attached hydrogens (primary N) is 1. The van der Waals surface area contributed by atoms with Gasteiger partial charge in [-0.2, -0.15) is 5.26 Å². The van der Waals surface area contributed by atoms with Crippen molar-refractivity contribution in [2.75, 3.05) is 5.32 Å². The van der Waals surface area contributed by atoms with Crippen LogP contribution < -0.4 is 11.1 Å². The first-order valence-electron chi connectivity index (χ1n) is 6.08. The van der Waals surface area contributed by atoms with Gasteiger partial charge in [0.15, 0.2) is 0 Å². The average molecular weight is 252 g/mol. The minimum atomic E-state index is 0.487. The van der Waals surface area contributed by atoms with E-state index in [1.165, 1.54) is 0 Å². The van der Waals surface area contributed by atoms with Crippen LogP contribution in [0.4, 0.5) is 11.5 Å². The van der Waals surface area contributed by atoms with Crippen LogP contribution in [0.25, 0.3) is 0 Å². The highest BCUT2D eigenvalue weighted by Crippen LogP contribution is 2.22. The first-order valence-corrected chi connectivity index (χ1v) is 6.08. The highest BCUT2D eigenvalue weighted by molar-refractivity contribution is 5.65. The second kappa shape index (κ2) is 5.51. The number of nitrogens with one attached hydrogen (secondary N) is 1. The van der Waals surface area contributed by atoms with Crippen LogP contribution in [0, 0.1) is 25.2 Å². The maximum atomic E-state index is 9.22. The Labute approximate surface area is 112 Å². The zero-order chi connectivity index (χ0) is 13.8. The van der Waals surface area contributed by atoms with Crippen LogP contribution in [0.1, 0.15) is 22.4 Å². The van der Waals surface area contributed by atoms with Crippen molar-refractivity contribution in [1.29, 1.82) is 5.26 Å². The SMILES string of the molecule is Cc1cc(C)c(C#N)c(Nc2cccc(CN)c2)n1. The molecule has 4 nitrogen and oxygen atoms in total. The van der Waals surface area contributed by atoms with Crippen LogP contribution >= 0.6 is 0 Å². The predicted octanol–water partition coefficient (Wildman–Crippen LogP) is 2.77. The monoisotopic (exact) mass is 252 g/mol. The van der Waals surface area contributed by atoms with Crippen LogP contribution in [0.2, 0.25) is 0 Å². The van der Waals surface area contributed by atoms with Crippen molar-refractivity contribution >= 4 is 11.5 Å². The number of nitriles is 1. The van der Waals surface area contributed by atoms with Crippen molar-refractivity contribution < 1.29 is 0 Å². The van der Waals surface area contributed by atoms with Crippen LogP contribution in [0.5, 0.6) is 0 Å². The Kier molecular flexibility index (Phi) is 3.79. The molecule has 96 valence electrons. The van der Waals surface area contributed by atoms with Crippen molar-refractivity contribution in [3.8, 4) is 6.07 Å². The van der Waals surface area contributed by atoms with Crippen molar-refractivity contribution in [2.45, 2.75) is 20.4 Å². The van der Waals surface area contributed by atoms with Gasteiger partial charge in [0.25, 0.3) is 0 Å². The smallest absolute Gasteiger partial charge is 0.148 e. The molecule has 0 saturated carbocycles. The number of aromatic nitrogens is 1. The van der Waals surface area contributed by atoms with E-state index in [-0.39, 0.29) is 0 Å². The molecule has 0 saturated heterocycles. The maximum absolute atomic E-state index is 9.22. The van der Waals surface area contributed by atoms with Crippen LogP contribution in [0.3, 0.4) is 0 Å². The molecule has 4 heteroatoms. The van der Waals surface area contributed by atoms with E-state index >= 15 is 0 Å². The van der Waals surface area contributed by atoms with Gasteiger partial charge in [-0.1, -0.05) is 12.1 Å². The molecule has 0 fully saturated rings. The number of hydrogen-bond acceptors (Lipinski definition) is 4. The fraction of sp³-hybridized carbons (Fsp3) is 0.200. The summed E-state index contributed by atoms with van der Waals surface area (Å²) < 4.78 is 0. The molecule has 2 aromatic rings. The number of benzene rings is 1. The quantitative estimate of drug-likeness (QED) is 0.880. The lowest BCUT2D eigenvalue weighted by Gasteiger charge is -2.11. The molecule has 2 rings (SSSR count). The molecule has 0 unspecified atom stereocenters. The van der Waals surface area contributed by atoms with Crippen molar-refractivity contribution in [3.63, 3.8) is 0 Å². The third kappa shape index (κ3) is 2.90. The topological polar surface area (TPSA) is 74.7 Å². The number of aryl methyl sites for hydroxylation is 2. The maximum Gasteiger partial charge on any atom is 0.148 e. The van der Waals surface area contributed by atoms with Gasteiger partial charge in [0.1, 0.15) is 11.9 Å². The zero-order valence-corrected chi connectivity index (χ0v) is 11.1. The Morgan fingerprint density at radius 3 is 2.79 bits per heavy atom. The van der Waals surface area contributed by atoms with Gasteiger partial charge in [-0.25, -0.2) is 4.98 Å². The van der Waals surface area contributed by atoms with Gasteiger partial charge in [0.2, 0.25) is 0 Å².